The summed E-state index contributed by atoms with van der Waals surface area (Å²) in [6, 6.07) is 65.0. The summed E-state index contributed by atoms with van der Waals surface area (Å²) in [4.78, 5) is 14.3. The first-order valence-corrected chi connectivity index (χ1v) is 22.3. The van der Waals surface area contributed by atoms with E-state index in [0.717, 1.165) is 50.7 Å². The highest BCUT2D eigenvalue weighted by molar-refractivity contribution is 7.27. The van der Waals surface area contributed by atoms with E-state index in [9.17, 15) is 0 Å². The Morgan fingerprint density at radius 1 is 0.417 bits per heavy atom. The van der Waals surface area contributed by atoms with Gasteiger partial charge in [0.25, 0.3) is 6.71 Å². The number of rotatable bonds is 6. The van der Waals surface area contributed by atoms with Gasteiger partial charge in [0.15, 0.2) is 8.07 Å². The lowest BCUT2D eigenvalue weighted by Gasteiger charge is -2.51. The van der Waals surface area contributed by atoms with Crippen molar-refractivity contribution in [2.75, 3.05) is 9.80 Å². The first kappa shape index (κ1) is 29.0. The Morgan fingerprint density at radius 3 is 1.28 bits per heavy atom. The summed E-state index contributed by atoms with van der Waals surface area (Å²) in [5, 5.41) is 5.18. The second-order valence-corrected chi connectivity index (χ2v) is 19.4. The fourth-order valence-corrected chi connectivity index (χ4v) is 15.7. The maximum atomic E-state index is 8.28. The largest absolute Gasteiger partial charge is 0.311 e. The van der Waals surface area contributed by atoms with E-state index in [2.05, 4.69) is 137 Å². The van der Waals surface area contributed by atoms with E-state index >= 15 is 0 Å². The van der Waals surface area contributed by atoms with Crippen LogP contribution in [0.4, 0.5) is 34.1 Å². The Bertz CT molecular complexity index is 3180. The van der Waals surface area contributed by atoms with Crippen molar-refractivity contribution < 1.29 is 8.22 Å². The topological polar surface area (TPSA) is 32.3 Å². The van der Waals surface area contributed by atoms with E-state index in [1.54, 1.807) is 36.7 Å². The van der Waals surface area contributed by atoms with Crippen LogP contribution in [0.3, 0.4) is 0 Å². The SMILES string of the molecule is [2H]C([2H])([2H])c1ccnc(-c2ccccc2N2c3cccc4c3B3c5c2cccc5[Si](c2ccccc2)(c2ccccc2)c2cccc(c23)N4c2ccccc2-c2cc(C([2H])([2H])[2H])ccn2)c1. The van der Waals surface area contributed by atoms with Crippen LogP contribution in [0.25, 0.3) is 22.5 Å². The van der Waals surface area contributed by atoms with Crippen molar-refractivity contribution >= 4 is 86.0 Å². The van der Waals surface area contributed by atoms with Crippen molar-refractivity contribution in [3.05, 3.63) is 212 Å². The zero-order valence-electron chi connectivity index (χ0n) is 38.4. The van der Waals surface area contributed by atoms with E-state index in [0.29, 0.717) is 11.4 Å². The molecule has 0 saturated heterocycles. The molecule has 7 aromatic carbocycles. The molecule has 0 unspecified atom stereocenters. The number of aromatic nitrogens is 2. The van der Waals surface area contributed by atoms with Gasteiger partial charge < -0.3 is 9.80 Å². The molecule has 3 aliphatic rings. The monoisotopic (exact) mass is 788 g/mol. The van der Waals surface area contributed by atoms with Crippen LogP contribution in [0, 0.1) is 13.7 Å². The molecule has 4 nitrogen and oxygen atoms in total. The van der Waals surface area contributed by atoms with E-state index < -0.39 is 21.8 Å². The molecule has 5 heterocycles. The number of para-hydroxylation sites is 2. The quantitative estimate of drug-likeness (QED) is 0.159. The Labute approximate surface area is 360 Å². The molecule has 9 aromatic rings. The molecule has 0 atom stereocenters. The molecule has 282 valence electrons. The molecule has 0 amide bonds. The predicted octanol–water partition coefficient (Wildman–Crippen LogP) is 8.20. The molecule has 0 bridgehead atoms. The van der Waals surface area contributed by atoms with Gasteiger partial charge in [-0.1, -0.05) is 127 Å². The number of nitrogens with zero attached hydrogens (tertiary/aromatic N) is 4. The molecule has 0 aliphatic carbocycles. The van der Waals surface area contributed by atoms with E-state index in [1.807, 2.05) is 36.4 Å². The van der Waals surface area contributed by atoms with Gasteiger partial charge in [-0.2, -0.15) is 0 Å². The van der Waals surface area contributed by atoms with Crippen LogP contribution in [0.2, 0.25) is 0 Å². The van der Waals surface area contributed by atoms with Crippen molar-refractivity contribution in [2.45, 2.75) is 13.7 Å². The lowest BCUT2D eigenvalue weighted by molar-refractivity contribution is 1.23. The number of aryl methyl sites for hydroxylation is 2. The first-order valence-electron chi connectivity index (χ1n) is 23.3. The van der Waals surface area contributed by atoms with Crippen LogP contribution in [0.1, 0.15) is 19.4 Å². The summed E-state index contributed by atoms with van der Waals surface area (Å²) in [5.74, 6) is 0. The van der Waals surface area contributed by atoms with Crippen LogP contribution < -0.4 is 46.9 Å². The molecule has 0 N–H and O–H groups in total. The molecule has 60 heavy (non-hydrogen) atoms. The third-order valence-corrected chi connectivity index (χ3v) is 17.5. The molecule has 3 aliphatic heterocycles. The van der Waals surface area contributed by atoms with Crippen molar-refractivity contribution in [1.29, 1.82) is 0 Å². The lowest BCUT2D eigenvalue weighted by atomic mass is 9.33. The molecular formula is C54H39BN4Si. The van der Waals surface area contributed by atoms with Crippen molar-refractivity contribution in [3.63, 3.8) is 0 Å². The van der Waals surface area contributed by atoms with Crippen LogP contribution in [0.15, 0.2) is 200 Å². The van der Waals surface area contributed by atoms with Gasteiger partial charge in [-0.15, -0.1) is 0 Å². The minimum Gasteiger partial charge on any atom is -0.311 e. The highest BCUT2D eigenvalue weighted by Gasteiger charge is 2.56. The maximum absolute atomic E-state index is 8.28. The third kappa shape index (κ3) is 4.85. The molecule has 0 spiro atoms. The fourth-order valence-electron chi connectivity index (χ4n) is 10.4. The van der Waals surface area contributed by atoms with Gasteiger partial charge >= 0.3 is 0 Å². The minimum absolute atomic E-state index is 0.150. The summed E-state index contributed by atoms with van der Waals surface area (Å²) in [6.45, 7) is -4.76. The molecule has 0 fully saturated rings. The third-order valence-electron chi connectivity index (χ3n) is 12.6. The van der Waals surface area contributed by atoms with Crippen molar-refractivity contribution in [2.24, 2.45) is 0 Å². The summed E-state index contributed by atoms with van der Waals surface area (Å²) >= 11 is 0. The van der Waals surface area contributed by atoms with Gasteiger partial charge in [-0.25, -0.2) is 0 Å². The molecule has 2 aromatic heterocycles. The average Bonchev–Trinajstić information content (AvgIpc) is 3.34. The molecule has 6 heteroatoms. The van der Waals surface area contributed by atoms with Crippen LogP contribution in [0.5, 0.6) is 0 Å². The maximum Gasteiger partial charge on any atom is 0.251 e. The number of pyridine rings is 2. The second kappa shape index (κ2) is 13.4. The normalized spacial score (nSPS) is 15.8. The van der Waals surface area contributed by atoms with Gasteiger partial charge in [0, 0.05) is 54.5 Å². The standard InChI is InChI=1S/C54H39BN4Si/c1-36-30-32-56-42(34-36)40-20-9-11-22-44(40)58-46-24-13-25-47-52(46)55-53-48(58)26-14-28-50(53)60(38-16-5-3-6-17-38,39-18-7-4-8-19-39)51-29-15-27-49(54(51)55)59(47)45-23-12-10-21-41(45)43-35-37(2)31-33-57-43/h3-35H,1-2H3/i1D3,2D3. The minimum atomic E-state index is -3.13. The summed E-state index contributed by atoms with van der Waals surface area (Å²) < 4.78 is 49.7. The van der Waals surface area contributed by atoms with Crippen LogP contribution >= 0.6 is 0 Å². The Hall–Kier alpha value is -7.28. The zero-order chi connectivity index (χ0) is 45.0. The van der Waals surface area contributed by atoms with E-state index in [1.165, 1.54) is 31.7 Å². The van der Waals surface area contributed by atoms with Crippen LogP contribution in [-0.2, 0) is 0 Å². The molecule has 12 rings (SSSR count). The Balaban J connectivity index is 1.22. The van der Waals surface area contributed by atoms with Crippen molar-refractivity contribution in [1.82, 2.24) is 9.97 Å². The van der Waals surface area contributed by atoms with Gasteiger partial charge in [-0.3, -0.25) is 9.97 Å². The van der Waals surface area contributed by atoms with Crippen molar-refractivity contribution in [3.8, 4) is 22.5 Å². The zero-order valence-corrected chi connectivity index (χ0v) is 33.4. The smallest absolute Gasteiger partial charge is 0.251 e. The highest BCUT2D eigenvalue weighted by Crippen LogP contribution is 2.48. The number of benzene rings is 7. The number of hydrogen-bond donors (Lipinski definition) is 0. The Morgan fingerprint density at radius 2 is 0.817 bits per heavy atom. The lowest BCUT2D eigenvalue weighted by Crippen LogP contribution is -2.88. The summed E-state index contributed by atoms with van der Waals surface area (Å²) in [7, 11) is -3.13. The molecule has 0 saturated carbocycles. The average molecular weight is 789 g/mol. The van der Waals surface area contributed by atoms with Gasteiger partial charge in [0.1, 0.15) is 0 Å². The fraction of sp³-hybridized carbons (Fsp3) is 0.0370. The van der Waals surface area contributed by atoms with E-state index in [4.69, 9.17) is 18.2 Å². The molecular weight excluding hydrogens is 744 g/mol. The van der Waals surface area contributed by atoms with E-state index in [-0.39, 0.29) is 17.8 Å². The number of hydrogen-bond acceptors (Lipinski definition) is 4. The predicted molar refractivity (Wildman–Crippen MR) is 254 cm³/mol. The summed E-state index contributed by atoms with van der Waals surface area (Å²) in [6.07, 6.45) is 3.18. The van der Waals surface area contributed by atoms with Gasteiger partial charge in [0.2, 0.25) is 0 Å². The first-order chi connectivity index (χ1) is 32.0. The van der Waals surface area contributed by atoms with Gasteiger partial charge in [-0.05, 0) is 123 Å². The highest BCUT2D eigenvalue weighted by atomic mass is 28.3. The summed E-state index contributed by atoms with van der Waals surface area (Å²) in [5.41, 5.74) is 12.7. The van der Waals surface area contributed by atoms with Crippen LogP contribution in [-0.4, -0.2) is 24.8 Å². The van der Waals surface area contributed by atoms with Gasteiger partial charge in [0.05, 0.1) is 22.8 Å². The molecule has 0 radical (unpaired) electrons. The Kier molecular flexibility index (Phi) is 6.47. The number of anilines is 6. The second-order valence-electron chi connectivity index (χ2n) is 15.7.